The number of aromatic nitrogens is 12. The summed E-state index contributed by atoms with van der Waals surface area (Å²) in [4.78, 5) is 13.5. The van der Waals surface area contributed by atoms with E-state index in [0.717, 1.165) is 211 Å². The standard InChI is InChI=1S/2C15H20ClN3O.C15H20ClN3.2C14H17ClFN3.C14H18ClN3/c1-4-7-19(2)10-12-9-17-18-15(12)11-5-6-14(20-3)13(16)8-11;1-4-5-19(2)10-12-9-17-18-15(12)11-6-13(16)8-14(7-11)20-3;1-4-7-19(3)10-13-9-17-18-15(13)12-6-5-11(2)14(16)8-12;1-3-7-19(2)9-10-8-17-18-14(10)11-5-4-6-12(15)13(11)16;1-3-6-19(2)9-11-8-17-18-14(11)10-4-5-13(16)12(15)7-10;1-3-7-18(2)10-12-9-16-17-14(12)11-5-4-6-13(15)8-11/h5-6,8-9H,4,7,10H2,1-3H3,(H,17,18);6-9H,4-5,10H2,1-3H3,(H,17,18);5-6,8-9H,4,7,10H2,1-3H3,(H,17,18);4-6,8H,3,7,9H2,1-2H3,(H,17,18);4-5,7-8H,3,6,9H2,1-2H3,(H,17,18);4-6,8-9H,3,7,10H2,1-2H3,(H,16,17). The van der Waals surface area contributed by atoms with Crippen LogP contribution in [0.25, 0.3) is 67.5 Å². The number of H-pyrrole nitrogens is 6. The van der Waals surface area contributed by atoms with Gasteiger partial charge < -0.3 is 38.9 Å². The van der Waals surface area contributed by atoms with Gasteiger partial charge in [-0.25, -0.2) is 8.78 Å². The molecular weight excluding hydrogens is 1580 g/mol. The Morgan fingerprint density at radius 3 is 1.03 bits per heavy atom. The molecule has 0 aliphatic carbocycles. The van der Waals surface area contributed by atoms with Crippen LogP contribution >= 0.6 is 69.6 Å². The summed E-state index contributed by atoms with van der Waals surface area (Å²) in [6.45, 7) is 26.3. The second-order valence-electron chi connectivity index (χ2n) is 28.5. The molecule has 0 spiro atoms. The van der Waals surface area contributed by atoms with Crippen molar-refractivity contribution in [2.45, 2.75) is 126 Å². The van der Waals surface area contributed by atoms with Crippen LogP contribution in [0.1, 0.15) is 119 Å². The molecule has 6 N–H and O–H groups in total. The highest BCUT2D eigenvalue weighted by Gasteiger charge is 2.19. The molecule has 115 heavy (non-hydrogen) atoms. The van der Waals surface area contributed by atoms with Crippen molar-refractivity contribution < 1.29 is 18.3 Å². The van der Waals surface area contributed by atoms with E-state index in [2.05, 4.69) is 173 Å². The minimum absolute atomic E-state index is 0.125. The van der Waals surface area contributed by atoms with Crippen LogP contribution in [0.15, 0.2) is 152 Å². The Hall–Kier alpha value is -8.46. The van der Waals surface area contributed by atoms with E-state index in [0.29, 0.717) is 27.1 Å². The highest BCUT2D eigenvalue weighted by molar-refractivity contribution is 6.33. The first-order valence-corrected chi connectivity index (χ1v) is 41.0. The zero-order chi connectivity index (χ0) is 83.5. The molecule has 6 heterocycles. The van der Waals surface area contributed by atoms with Gasteiger partial charge in [0.25, 0.3) is 0 Å². The van der Waals surface area contributed by atoms with Crippen LogP contribution in [0, 0.1) is 18.6 Å². The topological polar surface area (TPSA) is 210 Å². The number of nitrogens with zero attached hydrogens (tertiary/aromatic N) is 12. The molecule has 6 aromatic heterocycles. The molecule has 618 valence electrons. The number of ether oxygens (including phenoxy) is 2. The fourth-order valence-electron chi connectivity index (χ4n) is 13.0. The van der Waals surface area contributed by atoms with Gasteiger partial charge in [-0.2, -0.15) is 30.6 Å². The van der Waals surface area contributed by atoms with Gasteiger partial charge in [-0.3, -0.25) is 30.6 Å². The predicted molar refractivity (Wildman–Crippen MR) is 472 cm³/mol. The molecule has 0 atom stereocenters. The van der Waals surface area contributed by atoms with Gasteiger partial charge in [-0.05, 0) is 217 Å². The maximum Gasteiger partial charge on any atom is 0.151 e. The quantitative estimate of drug-likeness (QED) is 0.0232. The second-order valence-corrected chi connectivity index (χ2v) is 31.0. The smallest absolute Gasteiger partial charge is 0.151 e. The summed E-state index contributed by atoms with van der Waals surface area (Å²) in [5, 5.41) is 45.9. The van der Waals surface area contributed by atoms with Gasteiger partial charge in [-0.1, -0.05) is 141 Å². The lowest BCUT2D eigenvalue weighted by molar-refractivity contribution is 0.328. The molecule has 0 saturated carbocycles. The Bertz CT molecular complexity index is 4750. The summed E-state index contributed by atoms with van der Waals surface area (Å²) in [6, 6.07) is 35.1. The number of hydrogen-bond donors (Lipinski definition) is 6. The Kier molecular flexibility index (Phi) is 39.9. The molecule has 0 amide bonds. The molecule has 12 aromatic rings. The number of hydrogen-bond acceptors (Lipinski definition) is 14. The zero-order valence-corrected chi connectivity index (χ0v) is 73.4. The van der Waals surface area contributed by atoms with E-state index in [1.807, 2.05) is 105 Å². The summed E-state index contributed by atoms with van der Waals surface area (Å²) in [5.74, 6) is 0.608. The normalized spacial score (nSPS) is 11.1. The van der Waals surface area contributed by atoms with E-state index in [1.165, 1.54) is 22.8 Å². The third kappa shape index (κ3) is 29.3. The Labute approximate surface area is 707 Å². The third-order valence-corrected chi connectivity index (χ3v) is 20.2. The first kappa shape index (κ1) is 93.7. The van der Waals surface area contributed by atoms with Crippen LogP contribution in [0.2, 0.25) is 30.1 Å². The molecule has 0 bridgehead atoms. The summed E-state index contributed by atoms with van der Waals surface area (Å²) in [6.07, 6.45) is 17.8. The molecule has 0 radical (unpaired) electrons. The summed E-state index contributed by atoms with van der Waals surface area (Å²) >= 11 is 36.2. The van der Waals surface area contributed by atoms with Crippen LogP contribution in [0.4, 0.5) is 8.78 Å². The molecule has 0 saturated heterocycles. The van der Waals surface area contributed by atoms with E-state index in [4.69, 9.17) is 79.1 Å². The van der Waals surface area contributed by atoms with Crippen LogP contribution < -0.4 is 9.47 Å². The zero-order valence-electron chi connectivity index (χ0n) is 68.9. The average molecular weight is 1690 g/mol. The number of nitrogens with one attached hydrogen (secondary N) is 6. The van der Waals surface area contributed by atoms with Gasteiger partial charge in [0.2, 0.25) is 0 Å². The van der Waals surface area contributed by atoms with Crippen LogP contribution in [-0.4, -0.2) is 186 Å². The SMILES string of the molecule is CCCN(C)Cc1cn[nH]c1-c1cc(Cl)cc(OC)c1.CCCN(C)Cc1cn[nH]c1-c1ccc(C)c(Cl)c1.CCCN(C)Cc1cn[nH]c1-c1ccc(F)c(Cl)c1.CCCN(C)Cc1cn[nH]c1-c1ccc(OC)c(Cl)c1.CCCN(C)Cc1cn[nH]c1-c1cccc(Cl)c1.CCCN(C)Cc1cn[nH]c1-c1cccc(Cl)c1F. The van der Waals surface area contributed by atoms with Crippen molar-refractivity contribution in [1.29, 1.82) is 0 Å². The first-order valence-electron chi connectivity index (χ1n) is 38.7. The van der Waals surface area contributed by atoms with Gasteiger partial charge in [0.05, 0.1) is 101 Å². The second kappa shape index (κ2) is 48.9. The van der Waals surface area contributed by atoms with Gasteiger partial charge in [-0.15, -0.1) is 0 Å². The molecule has 0 aliphatic rings. The van der Waals surface area contributed by atoms with Crippen LogP contribution in [0.5, 0.6) is 11.5 Å². The van der Waals surface area contributed by atoms with Crippen LogP contribution in [0.3, 0.4) is 0 Å². The van der Waals surface area contributed by atoms with Crippen molar-refractivity contribution >= 4 is 69.6 Å². The molecule has 28 heteroatoms. The number of halogens is 8. The van der Waals surface area contributed by atoms with E-state index in [1.54, 1.807) is 63.0 Å². The number of methoxy groups -OCH3 is 2. The monoisotopic (exact) mass is 1690 g/mol. The Balaban J connectivity index is 0.000000191. The largest absolute Gasteiger partial charge is 0.497 e. The number of aryl methyl sites for hydroxylation is 1. The van der Waals surface area contributed by atoms with E-state index in [-0.39, 0.29) is 10.0 Å². The first-order chi connectivity index (χ1) is 55.3. The molecule has 20 nitrogen and oxygen atoms in total. The maximum atomic E-state index is 14.0. The number of benzene rings is 6. The third-order valence-electron chi connectivity index (χ3n) is 18.4. The highest BCUT2D eigenvalue weighted by Crippen LogP contribution is 2.35. The summed E-state index contributed by atoms with van der Waals surface area (Å²) in [7, 11) is 15.8. The minimum Gasteiger partial charge on any atom is -0.497 e. The fourth-order valence-corrected chi connectivity index (χ4v) is 14.2. The maximum absolute atomic E-state index is 14.0. The van der Waals surface area contributed by atoms with Gasteiger partial charge >= 0.3 is 0 Å². The Morgan fingerprint density at radius 1 is 0.330 bits per heavy atom. The van der Waals surface area contributed by atoms with Crippen molar-refractivity contribution in [2.24, 2.45) is 0 Å². The van der Waals surface area contributed by atoms with Crippen molar-refractivity contribution in [2.75, 3.05) is 95.8 Å². The van der Waals surface area contributed by atoms with Gasteiger partial charge in [0.1, 0.15) is 17.3 Å². The fraction of sp³-hybridized carbons (Fsp3) is 0.379. The van der Waals surface area contributed by atoms with Crippen molar-refractivity contribution in [3.05, 3.63) is 233 Å². The summed E-state index contributed by atoms with van der Waals surface area (Å²) < 4.78 is 37.7. The van der Waals surface area contributed by atoms with E-state index in [9.17, 15) is 8.78 Å². The van der Waals surface area contributed by atoms with Crippen LogP contribution in [-0.2, 0) is 39.3 Å². The lowest BCUT2D eigenvalue weighted by atomic mass is 10.1. The number of aromatic amines is 6. The minimum atomic E-state index is -0.409. The molecule has 0 fully saturated rings. The van der Waals surface area contributed by atoms with Crippen molar-refractivity contribution in [3.8, 4) is 79.0 Å². The lowest BCUT2D eigenvalue weighted by Crippen LogP contribution is -2.18. The molecular formula is C87H112Cl6F2N18O2. The summed E-state index contributed by atoms with van der Waals surface area (Å²) in [5.41, 5.74) is 19.1. The average Bonchev–Trinajstić information content (AvgIpc) is 1.78. The van der Waals surface area contributed by atoms with Gasteiger partial charge in [0, 0.05) is 121 Å². The molecule has 0 aliphatic heterocycles. The molecule has 0 unspecified atom stereocenters. The number of rotatable bonds is 32. The molecule has 12 rings (SSSR count). The Morgan fingerprint density at radius 2 is 0.670 bits per heavy atom. The van der Waals surface area contributed by atoms with E-state index < -0.39 is 11.6 Å². The lowest BCUT2D eigenvalue weighted by Gasteiger charge is -2.15. The van der Waals surface area contributed by atoms with Crippen molar-refractivity contribution in [3.63, 3.8) is 0 Å². The van der Waals surface area contributed by atoms with E-state index >= 15 is 0 Å². The van der Waals surface area contributed by atoms with Gasteiger partial charge in [0.15, 0.2) is 5.82 Å². The van der Waals surface area contributed by atoms with Crippen molar-refractivity contribution in [1.82, 2.24) is 90.6 Å². The highest BCUT2D eigenvalue weighted by atomic mass is 35.5. The predicted octanol–water partition coefficient (Wildman–Crippen LogP) is 22.0. The molecule has 6 aromatic carbocycles.